The van der Waals surface area contributed by atoms with E-state index in [-0.39, 0.29) is 24.5 Å². The maximum Gasteiger partial charge on any atom is 0.262 e. The van der Waals surface area contributed by atoms with E-state index in [1.165, 1.54) is 32.1 Å². The number of fused-ring (bicyclic) bond motifs is 1. The monoisotopic (exact) mass is 316 g/mol. The normalized spacial score (nSPS) is 19.3. The average Bonchev–Trinajstić information content (AvgIpc) is 2.55. The molecule has 1 saturated carbocycles. The molecule has 0 bridgehead atoms. The molecule has 1 aromatic rings. The number of ether oxygens (including phenoxy) is 1. The van der Waals surface area contributed by atoms with Crippen LogP contribution in [-0.2, 0) is 16.0 Å². The summed E-state index contributed by atoms with van der Waals surface area (Å²) in [6.07, 6.45) is 6.61. The Hall–Kier alpha value is -2.04. The van der Waals surface area contributed by atoms with Gasteiger partial charge in [0.05, 0.1) is 12.1 Å². The minimum Gasteiger partial charge on any atom is -0.482 e. The Balaban J connectivity index is 1.57. The highest BCUT2D eigenvalue weighted by Crippen LogP contribution is 2.29. The molecule has 1 aliphatic heterocycles. The summed E-state index contributed by atoms with van der Waals surface area (Å²) in [6, 6.07) is 5.73. The maximum atomic E-state index is 12.3. The van der Waals surface area contributed by atoms with Crippen molar-refractivity contribution < 1.29 is 14.3 Å². The molecule has 23 heavy (non-hydrogen) atoms. The lowest BCUT2D eigenvalue weighted by Crippen LogP contribution is -2.39. The van der Waals surface area contributed by atoms with E-state index in [1.54, 1.807) is 0 Å². The number of benzene rings is 1. The molecule has 1 heterocycles. The van der Waals surface area contributed by atoms with Crippen molar-refractivity contribution in [2.75, 3.05) is 11.9 Å². The number of anilines is 1. The summed E-state index contributed by atoms with van der Waals surface area (Å²) in [5, 5.41) is 5.90. The largest absolute Gasteiger partial charge is 0.482 e. The molecule has 1 aromatic carbocycles. The molecular weight excluding hydrogens is 292 g/mol. The first-order valence-corrected chi connectivity index (χ1v) is 8.47. The molecule has 1 fully saturated rings. The van der Waals surface area contributed by atoms with Crippen molar-refractivity contribution in [3.8, 4) is 5.75 Å². The quantitative estimate of drug-likeness (QED) is 0.897. The van der Waals surface area contributed by atoms with Gasteiger partial charge in [-0.05, 0) is 43.4 Å². The smallest absolute Gasteiger partial charge is 0.262 e. The molecule has 1 atom stereocenters. The highest BCUT2D eigenvalue weighted by atomic mass is 16.5. The third-order valence-corrected chi connectivity index (χ3v) is 4.79. The van der Waals surface area contributed by atoms with Crippen molar-refractivity contribution in [3.63, 3.8) is 0 Å². The fourth-order valence-corrected chi connectivity index (χ4v) is 3.48. The second-order valence-corrected chi connectivity index (χ2v) is 6.60. The lowest BCUT2D eigenvalue weighted by atomic mass is 9.84. The Morgan fingerprint density at radius 1 is 1.35 bits per heavy atom. The fourth-order valence-electron chi connectivity index (χ4n) is 3.48. The standard InChI is InChI=1S/C18H24N2O3/c1-12(14-5-3-2-4-6-14)19-17(21)10-13-7-8-16-15(9-13)20-18(22)11-23-16/h7-9,12,14H,2-6,10-11H2,1H3,(H,19,21)(H,20,22)/t12-/m0/s1. The molecule has 0 unspecified atom stereocenters. The van der Waals surface area contributed by atoms with Gasteiger partial charge < -0.3 is 15.4 Å². The molecule has 0 saturated heterocycles. The zero-order valence-electron chi connectivity index (χ0n) is 13.6. The Morgan fingerprint density at radius 3 is 2.91 bits per heavy atom. The highest BCUT2D eigenvalue weighted by molar-refractivity contribution is 5.95. The van der Waals surface area contributed by atoms with Crippen LogP contribution in [0.15, 0.2) is 18.2 Å². The van der Waals surface area contributed by atoms with Crippen LogP contribution in [0.2, 0.25) is 0 Å². The summed E-state index contributed by atoms with van der Waals surface area (Å²) in [4.78, 5) is 23.6. The zero-order chi connectivity index (χ0) is 16.2. The molecule has 1 aliphatic carbocycles. The van der Waals surface area contributed by atoms with E-state index in [0.29, 0.717) is 23.8 Å². The van der Waals surface area contributed by atoms with Gasteiger partial charge in [-0.3, -0.25) is 9.59 Å². The highest BCUT2D eigenvalue weighted by Gasteiger charge is 2.22. The third kappa shape index (κ3) is 4.03. The molecule has 2 amide bonds. The zero-order valence-corrected chi connectivity index (χ0v) is 13.6. The van der Waals surface area contributed by atoms with Crippen LogP contribution in [0.25, 0.3) is 0 Å². The summed E-state index contributed by atoms with van der Waals surface area (Å²) in [5.74, 6) is 1.13. The molecule has 2 N–H and O–H groups in total. The van der Waals surface area contributed by atoms with Crippen molar-refractivity contribution in [1.29, 1.82) is 0 Å². The molecule has 0 aromatic heterocycles. The lowest BCUT2D eigenvalue weighted by molar-refractivity contribution is -0.121. The first-order valence-electron chi connectivity index (χ1n) is 8.47. The summed E-state index contributed by atoms with van der Waals surface area (Å²) in [6.45, 7) is 2.15. The molecule has 2 aliphatic rings. The van der Waals surface area contributed by atoms with E-state index in [1.807, 2.05) is 18.2 Å². The lowest BCUT2D eigenvalue weighted by Gasteiger charge is -2.28. The van der Waals surface area contributed by atoms with E-state index >= 15 is 0 Å². The van der Waals surface area contributed by atoms with Crippen molar-refractivity contribution >= 4 is 17.5 Å². The van der Waals surface area contributed by atoms with Crippen LogP contribution in [0.5, 0.6) is 5.75 Å². The number of nitrogens with one attached hydrogen (secondary N) is 2. The number of amides is 2. The van der Waals surface area contributed by atoms with E-state index in [2.05, 4.69) is 17.6 Å². The predicted octanol–water partition coefficient (Wildman–Crippen LogP) is 2.65. The van der Waals surface area contributed by atoms with Crippen LogP contribution in [0.1, 0.15) is 44.6 Å². The number of hydrogen-bond acceptors (Lipinski definition) is 3. The summed E-state index contributed by atoms with van der Waals surface area (Å²) in [7, 11) is 0. The number of hydrogen-bond donors (Lipinski definition) is 2. The fraction of sp³-hybridized carbons (Fsp3) is 0.556. The van der Waals surface area contributed by atoms with Gasteiger partial charge in [-0.25, -0.2) is 0 Å². The minimum atomic E-state index is -0.162. The summed E-state index contributed by atoms with van der Waals surface area (Å²) in [5.41, 5.74) is 1.52. The van der Waals surface area contributed by atoms with Crippen molar-refractivity contribution in [1.82, 2.24) is 5.32 Å². The minimum absolute atomic E-state index is 0.0334. The van der Waals surface area contributed by atoms with Gasteiger partial charge in [0.2, 0.25) is 5.91 Å². The van der Waals surface area contributed by atoms with Crippen LogP contribution in [-0.4, -0.2) is 24.5 Å². The molecular formula is C18H24N2O3. The molecule has 0 spiro atoms. The molecule has 124 valence electrons. The predicted molar refractivity (Wildman–Crippen MR) is 88.5 cm³/mol. The Kier molecular flexibility index (Phi) is 4.84. The molecule has 5 nitrogen and oxygen atoms in total. The van der Waals surface area contributed by atoms with E-state index in [9.17, 15) is 9.59 Å². The summed E-state index contributed by atoms with van der Waals surface area (Å²) >= 11 is 0. The van der Waals surface area contributed by atoms with Crippen LogP contribution >= 0.6 is 0 Å². The van der Waals surface area contributed by atoms with Gasteiger partial charge in [-0.2, -0.15) is 0 Å². The van der Waals surface area contributed by atoms with Crippen molar-refractivity contribution in [2.24, 2.45) is 5.92 Å². The van der Waals surface area contributed by atoms with Crippen LogP contribution in [0, 0.1) is 5.92 Å². The first-order chi connectivity index (χ1) is 11.1. The van der Waals surface area contributed by atoms with E-state index in [0.717, 1.165) is 5.56 Å². The molecule has 3 rings (SSSR count). The first kappa shape index (κ1) is 15.8. The van der Waals surface area contributed by atoms with Gasteiger partial charge in [-0.1, -0.05) is 25.3 Å². The van der Waals surface area contributed by atoms with Gasteiger partial charge >= 0.3 is 0 Å². The van der Waals surface area contributed by atoms with Gasteiger partial charge in [-0.15, -0.1) is 0 Å². The van der Waals surface area contributed by atoms with Crippen LogP contribution in [0.4, 0.5) is 5.69 Å². The molecule has 5 heteroatoms. The van der Waals surface area contributed by atoms with Gasteiger partial charge in [0, 0.05) is 6.04 Å². The Labute approximate surface area is 136 Å². The number of carbonyl (C=O) groups is 2. The summed E-state index contributed by atoms with van der Waals surface area (Å²) < 4.78 is 5.33. The molecule has 0 radical (unpaired) electrons. The second kappa shape index (κ2) is 7.02. The Morgan fingerprint density at radius 2 is 2.13 bits per heavy atom. The van der Waals surface area contributed by atoms with Crippen molar-refractivity contribution in [3.05, 3.63) is 23.8 Å². The van der Waals surface area contributed by atoms with Gasteiger partial charge in [0.15, 0.2) is 6.61 Å². The maximum absolute atomic E-state index is 12.3. The SMILES string of the molecule is C[C@H](NC(=O)Cc1ccc2c(c1)NC(=O)CO2)C1CCCCC1. The average molecular weight is 316 g/mol. The van der Waals surface area contributed by atoms with E-state index in [4.69, 9.17) is 4.74 Å². The Bertz CT molecular complexity index is 594. The van der Waals surface area contributed by atoms with E-state index < -0.39 is 0 Å². The van der Waals surface area contributed by atoms with Gasteiger partial charge in [0.1, 0.15) is 5.75 Å². The number of rotatable bonds is 4. The topological polar surface area (TPSA) is 67.4 Å². The van der Waals surface area contributed by atoms with Gasteiger partial charge in [0.25, 0.3) is 5.91 Å². The third-order valence-electron chi connectivity index (χ3n) is 4.79. The van der Waals surface area contributed by atoms with Crippen molar-refractivity contribution in [2.45, 2.75) is 51.5 Å². The van der Waals surface area contributed by atoms with Crippen LogP contribution < -0.4 is 15.4 Å². The second-order valence-electron chi connectivity index (χ2n) is 6.60. The number of carbonyl (C=O) groups excluding carboxylic acids is 2. The van der Waals surface area contributed by atoms with Crippen LogP contribution in [0.3, 0.4) is 0 Å².